The Morgan fingerprint density at radius 1 is 1.32 bits per heavy atom. The summed E-state index contributed by atoms with van der Waals surface area (Å²) in [7, 11) is 3.99. The largest absolute Gasteiger partial charge is 0.416 e. The van der Waals surface area contributed by atoms with Crippen LogP contribution < -0.4 is 0 Å². The summed E-state index contributed by atoms with van der Waals surface area (Å²) in [6, 6.07) is 5.81. The monoisotopic (exact) mass is 316 g/mol. The van der Waals surface area contributed by atoms with Crippen molar-refractivity contribution in [3.8, 4) is 0 Å². The molecule has 22 heavy (non-hydrogen) atoms. The minimum atomic E-state index is -4.30. The highest BCUT2D eigenvalue weighted by Crippen LogP contribution is 2.30. The van der Waals surface area contributed by atoms with Gasteiger partial charge in [-0.15, -0.1) is 0 Å². The van der Waals surface area contributed by atoms with Gasteiger partial charge in [0.25, 0.3) is 0 Å². The van der Waals surface area contributed by atoms with E-state index in [1.807, 2.05) is 14.1 Å². The van der Waals surface area contributed by atoms with Crippen LogP contribution in [0.2, 0.25) is 0 Å². The SMILES string of the molecule is CN(C)[C@@H]1CCN(Cc2cccc(C(F)(F)F)c2)C[C@@H]1CO. The van der Waals surface area contributed by atoms with Gasteiger partial charge in [0.1, 0.15) is 0 Å². The molecular formula is C16H23F3N2O. The van der Waals surface area contributed by atoms with Gasteiger partial charge in [0.05, 0.1) is 5.56 Å². The molecule has 1 aliphatic rings. The van der Waals surface area contributed by atoms with Gasteiger partial charge >= 0.3 is 6.18 Å². The number of aliphatic hydroxyl groups excluding tert-OH is 1. The van der Waals surface area contributed by atoms with Crippen LogP contribution in [-0.2, 0) is 12.7 Å². The minimum Gasteiger partial charge on any atom is -0.396 e. The average Bonchev–Trinajstić information content (AvgIpc) is 2.46. The fourth-order valence-corrected chi connectivity index (χ4v) is 3.20. The van der Waals surface area contributed by atoms with Crippen molar-refractivity contribution in [1.29, 1.82) is 0 Å². The summed E-state index contributed by atoms with van der Waals surface area (Å²) in [5.74, 6) is 0.134. The second kappa shape index (κ2) is 6.98. The number of nitrogens with zero attached hydrogens (tertiary/aromatic N) is 2. The van der Waals surface area contributed by atoms with Gasteiger partial charge in [-0.2, -0.15) is 13.2 Å². The second-order valence-corrected chi connectivity index (χ2v) is 6.20. The molecule has 1 saturated heterocycles. The molecule has 0 unspecified atom stereocenters. The van der Waals surface area contributed by atoms with Crippen molar-refractivity contribution < 1.29 is 18.3 Å². The van der Waals surface area contributed by atoms with E-state index < -0.39 is 11.7 Å². The quantitative estimate of drug-likeness (QED) is 0.924. The standard InChI is InChI=1S/C16H23F3N2O/c1-20(2)15-6-7-21(10-13(15)11-22)9-12-4-3-5-14(8-12)16(17,18)19/h3-5,8,13,15,22H,6-7,9-11H2,1-2H3/t13-,15-/m1/s1. The summed E-state index contributed by atoms with van der Waals surface area (Å²) < 4.78 is 38.3. The number of aliphatic hydroxyl groups is 1. The van der Waals surface area contributed by atoms with E-state index in [1.165, 1.54) is 12.1 Å². The van der Waals surface area contributed by atoms with Gasteiger partial charge < -0.3 is 10.0 Å². The fourth-order valence-electron chi connectivity index (χ4n) is 3.20. The highest BCUT2D eigenvalue weighted by molar-refractivity contribution is 5.25. The first-order valence-corrected chi connectivity index (χ1v) is 7.47. The molecule has 1 aromatic rings. The van der Waals surface area contributed by atoms with Crippen molar-refractivity contribution in [1.82, 2.24) is 9.80 Å². The van der Waals surface area contributed by atoms with Gasteiger partial charge in [-0.05, 0) is 38.7 Å². The summed E-state index contributed by atoms with van der Waals surface area (Å²) in [6.45, 7) is 2.12. The molecule has 2 atom stereocenters. The van der Waals surface area contributed by atoms with Crippen LogP contribution in [0.15, 0.2) is 24.3 Å². The molecule has 1 heterocycles. The van der Waals surface area contributed by atoms with Crippen LogP contribution in [0.5, 0.6) is 0 Å². The van der Waals surface area contributed by atoms with Crippen LogP contribution in [0.4, 0.5) is 13.2 Å². The Kier molecular flexibility index (Phi) is 5.47. The lowest BCUT2D eigenvalue weighted by Crippen LogP contribution is -2.49. The van der Waals surface area contributed by atoms with Crippen LogP contribution in [0, 0.1) is 5.92 Å². The topological polar surface area (TPSA) is 26.7 Å². The van der Waals surface area contributed by atoms with Crippen LogP contribution in [0.3, 0.4) is 0 Å². The first kappa shape index (κ1) is 17.2. The normalized spacial score (nSPS) is 24.0. The number of rotatable bonds is 4. The Labute approximate surface area is 129 Å². The summed E-state index contributed by atoms with van der Waals surface area (Å²) in [4.78, 5) is 4.23. The molecule has 1 N–H and O–H groups in total. The molecule has 0 bridgehead atoms. The molecule has 1 fully saturated rings. The smallest absolute Gasteiger partial charge is 0.396 e. The molecular weight excluding hydrogens is 293 g/mol. The zero-order valence-electron chi connectivity index (χ0n) is 13.0. The minimum absolute atomic E-state index is 0.0991. The molecule has 6 heteroatoms. The summed E-state index contributed by atoms with van der Waals surface area (Å²) in [6.07, 6.45) is -3.39. The van der Waals surface area contributed by atoms with Crippen molar-refractivity contribution in [3.05, 3.63) is 35.4 Å². The molecule has 2 rings (SSSR count). The predicted octanol–water partition coefficient (Wildman–Crippen LogP) is 2.45. The lowest BCUT2D eigenvalue weighted by atomic mass is 9.91. The van der Waals surface area contributed by atoms with E-state index in [1.54, 1.807) is 6.07 Å². The number of likely N-dealkylation sites (tertiary alicyclic amines) is 1. The van der Waals surface area contributed by atoms with E-state index in [0.717, 1.165) is 19.0 Å². The summed E-state index contributed by atoms with van der Waals surface area (Å²) in [5.41, 5.74) is 0.0571. The summed E-state index contributed by atoms with van der Waals surface area (Å²) >= 11 is 0. The maximum Gasteiger partial charge on any atom is 0.416 e. The van der Waals surface area contributed by atoms with Gasteiger partial charge in [-0.3, -0.25) is 4.90 Å². The number of benzene rings is 1. The van der Waals surface area contributed by atoms with E-state index in [9.17, 15) is 18.3 Å². The van der Waals surface area contributed by atoms with E-state index in [0.29, 0.717) is 24.7 Å². The molecule has 124 valence electrons. The zero-order valence-corrected chi connectivity index (χ0v) is 13.0. The van der Waals surface area contributed by atoms with E-state index in [4.69, 9.17) is 0 Å². The second-order valence-electron chi connectivity index (χ2n) is 6.20. The van der Waals surface area contributed by atoms with Gasteiger partial charge in [0.15, 0.2) is 0 Å². The molecule has 0 aliphatic carbocycles. The lowest BCUT2D eigenvalue weighted by Gasteiger charge is -2.41. The number of halogens is 3. The molecule has 3 nitrogen and oxygen atoms in total. The third-order valence-electron chi connectivity index (χ3n) is 4.34. The highest BCUT2D eigenvalue weighted by Gasteiger charge is 2.32. The third-order valence-corrected chi connectivity index (χ3v) is 4.34. The average molecular weight is 316 g/mol. The van der Waals surface area contributed by atoms with E-state index in [2.05, 4.69) is 9.80 Å². The van der Waals surface area contributed by atoms with Gasteiger partial charge in [0, 0.05) is 31.7 Å². The van der Waals surface area contributed by atoms with E-state index >= 15 is 0 Å². The number of hydrogen-bond acceptors (Lipinski definition) is 3. The molecule has 0 aromatic heterocycles. The van der Waals surface area contributed by atoms with Crippen molar-refractivity contribution in [2.75, 3.05) is 33.8 Å². The molecule has 1 aromatic carbocycles. The van der Waals surface area contributed by atoms with Crippen molar-refractivity contribution in [2.45, 2.75) is 25.2 Å². The third kappa shape index (κ3) is 4.21. The number of piperidine rings is 1. The van der Waals surface area contributed by atoms with Gasteiger partial charge in [0.2, 0.25) is 0 Å². The highest BCUT2D eigenvalue weighted by atomic mass is 19.4. The first-order chi connectivity index (χ1) is 10.3. The maximum atomic E-state index is 12.8. The molecule has 1 aliphatic heterocycles. The molecule has 0 amide bonds. The Morgan fingerprint density at radius 2 is 2.05 bits per heavy atom. The first-order valence-electron chi connectivity index (χ1n) is 7.47. The lowest BCUT2D eigenvalue weighted by molar-refractivity contribution is -0.137. The van der Waals surface area contributed by atoms with Crippen LogP contribution >= 0.6 is 0 Å². The Morgan fingerprint density at radius 3 is 2.64 bits per heavy atom. The Bertz CT molecular complexity index is 491. The van der Waals surface area contributed by atoms with Gasteiger partial charge in [-0.1, -0.05) is 18.2 Å². The molecule has 0 saturated carbocycles. The molecule has 0 radical (unpaired) electrons. The van der Waals surface area contributed by atoms with Crippen LogP contribution in [0.25, 0.3) is 0 Å². The van der Waals surface area contributed by atoms with Crippen LogP contribution in [-0.4, -0.2) is 54.7 Å². The fraction of sp³-hybridized carbons (Fsp3) is 0.625. The zero-order chi connectivity index (χ0) is 16.3. The van der Waals surface area contributed by atoms with Crippen molar-refractivity contribution in [3.63, 3.8) is 0 Å². The summed E-state index contributed by atoms with van der Waals surface area (Å²) in [5, 5.41) is 9.54. The van der Waals surface area contributed by atoms with Crippen molar-refractivity contribution in [2.24, 2.45) is 5.92 Å². The predicted molar refractivity (Wildman–Crippen MR) is 79.4 cm³/mol. The Hall–Kier alpha value is -1.11. The molecule has 0 spiro atoms. The van der Waals surface area contributed by atoms with E-state index in [-0.39, 0.29) is 12.5 Å². The van der Waals surface area contributed by atoms with Crippen LogP contribution in [0.1, 0.15) is 17.5 Å². The number of hydrogen-bond donors (Lipinski definition) is 1. The van der Waals surface area contributed by atoms with Gasteiger partial charge in [-0.25, -0.2) is 0 Å². The maximum absolute atomic E-state index is 12.8. The number of alkyl halides is 3. The van der Waals surface area contributed by atoms with Crippen molar-refractivity contribution >= 4 is 0 Å². The Balaban J connectivity index is 2.03.